The van der Waals surface area contributed by atoms with E-state index in [1.165, 1.54) is 6.07 Å². The predicted molar refractivity (Wildman–Crippen MR) is 70.7 cm³/mol. The Bertz CT molecular complexity index is 496. The quantitative estimate of drug-likeness (QED) is 0.877. The number of halogens is 3. The number of benzene rings is 1. The molecule has 0 saturated carbocycles. The van der Waals surface area contributed by atoms with Gasteiger partial charge in [-0.05, 0) is 37.5 Å². The van der Waals surface area contributed by atoms with Crippen molar-refractivity contribution < 1.29 is 18.0 Å². The first kappa shape index (κ1) is 14.5. The molecule has 1 aliphatic heterocycles. The van der Waals surface area contributed by atoms with Gasteiger partial charge in [-0.15, -0.1) is 0 Å². The van der Waals surface area contributed by atoms with Crippen LogP contribution in [0.4, 0.5) is 29.3 Å². The zero-order valence-corrected chi connectivity index (χ0v) is 10.8. The molecule has 4 nitrogen and oxygen atoms in total. The molecule has 2 rings (SSSR count). The van der Waals surface area contributed by atoms with Gasteiger partial charge < -0.3 is 16.0 Å². The number of nitrogens with zero attached hydrogens (tertiary/aromatic N) is 1. The number of nitrogens with one attached hydrogen (secondary N) is 1. The van der Waals surface area contributed by atoms with Gasteiger partial charge >= 0.3 is 12.2 Å². The molecule has 1 aromatic carbocycles. The summed E-state index contributed by atoms with van der Waals surface area (Å²) < 4.78 is 38.7. The number of alkyl halides is 3. The van der Waals surface area contributed by atoms with E-state index in [-0.39, 0.29) is 5.69 Å². The number of hydrogen-bond donors (Lipinski definition) is 2. The highest BCUT2D eigenvalue weighted by Gasteiger charge is 2.32. The highest BCUT2D eigenvalue weighted by Crippen LogP contribution is 2.35. The first-order valence-corrected chi connectivity index (χ1v) is 6.40. The normalized spacial score (nSPS) is 16.1. The summed E-state index contributed by atoms with van der Waals surface area (Å²) in [6.07, 6.45) is -1.47. The van der Waals surface area contributed by atoms with Crippen LogP contribution in [0.5, 0.6) is 0 Å². The summed E-state index contributed by atoms with van der Waals surface area (Å²) in [7, 11) is 0. The summed E-state index contributed by atoms with van der Waals surface area (Å²) in [4.78, 5) is 12.7. The molecule has 0 radical (unpaired) electrons. The van der Waals surface area contributed by atoms with Crippen molar-refractivity contribution in [1.29, 1.82) is 0 Å². The fourth-order valence-corrected chi connectivity index (χ4v) is 2.32. The maximum Gasteiger partial charge on any atom is 0.416 e. The third kappa shape index (κ3) is 3.55. The predicted octanol–water partition coefficient (Wildman–Crippen LogP) is 3.19. The largest absolute Gasteiger partial charge is 0.416 e. The lowest BCUT2D eigenvalue weighted by molar-refractivity contribution is -0.137. The van der Waals surface area contributed by atoms with E-state index in [4.69, 9.17) is 5.73 Å². The molecule has 3 N–H and O–H groups in total. The number of carbonyl (C=O) groups excluding carboxylic acids is 1. The Balaban J connectivity index is 2.36. The second-order valence-corrected chi connectivity index (χ2v) is 4.80. The first-order chi connectivity index (χ1) is 9.36. The van der Waals surface area contributed by atoms with Crippen molar-refractivity contribution in [2.24, 2.45) is 5.73 Å². The maximum atomic E-state index is 12.9. The second-order valence-electron chi connectivity index (χ2n) is 4.80. The lowest BCUT2D eigenvalue weighted by atomic mass is 10.1. The average molecular weight is 287 g/mol. The van der Waals surface area contributed by atoms with Crippen molar-refractivity contribution in [1.82, 2.24) is 0 Å². The third-order valence-corrected chi connectivity index (χ3v) is 3.23. The number of rotatable bonds is 2. The molecule has 1 aliphatic rings. The molecule has 1 aromatic rings. The molecule has 0 unspecified atom stereocenters. The molecule has 0 spiro atoms. The van der Waals surface area contributed by atoms with E-state index in [9.17, 15) is 18.0 Å². The van der Waals surface area contributed by atoms with E-state index >= 15 is 0 Å². The molecule has 1 saturated heterocycles. The number of urea groups is 1. The van der Waals surface area contributed by atoms with Crippen LogP contribution >= 0.6 is 0 Å². The molecular weight excluding hydrogens is 271 g/mol. The average Bonchev–Trinajstić information content (AvgIpc) is 2.37. The number of primary amides is 1. The smallest absolute Gasteiger partial charge is 0.371 e. The van der Waals surface area contributed by atoms with E-state index in [0.29, 0.717) is 5.69 Å². The Morgan fingerprint density at radius 3 is 2.35 bits per heavy atom. The molecule has 0 aromatic heterocycles. The van der Waals surface area contributed by atoms with Gasteiger partial charge in [-0.1, -0.05) is 0 Å². The van der Waals surface area contributed by atoms with Gasteiger partial charge in [0.15, 0.2) is 0 Å². The van der Waals surface area contributed by atoms with Crippen LogP contribution in [0.15, 0.2) is 18.2 Å². The van der Waals surface area contributed by atoms with Crippen LogP contribution in [0.25, 0.3) is 0 Å². The van der Waals surface area contributed by atoms with E-state index in [1.807, 2.05) is 4.90 Å². The molecule has 7 heteroatoms. The molecule has 20 heavy (non-hydrogen) atoms. The number of hydrogen-bond acceptors (Lipinski definition) is 2. The summed E-state index contributed by atoms with van der Waals surface area (Å²) in [6, 6.07) is 2.63. The Kier molecular flexibility index (Phi) is 4.06. The van der Waals surface area contributed by atoms with Crippen molar-refractivity contribution in [3.05, 3.63) is 23.8 Å². The van der Waals surface area contributed by atoms with Gasteiger partial charge in [0.25, 0.3) is 0 Å². The summed E-state index contributed by atoms with van der Waals surface area (Å²) in [6.45, 7) is 1.44. The summed E-state index contributed by atoms with van der Waals surface area (Å²) in [5, 5.41) is 2.21. The molecule has 1 heterocycles. The van der Waals surface area contributed by atoms with Gasteiger partial charge in [-0.2, -0.15) is 13.2 Å². The van der Waals surface area contributed by atoms with Gasteiger partial charge in [0, 0.05) is 24.5 Å². The van der Waals surface area contributed by atoms with Crippen molar-refractivity contribution in [2.75, 3.05) is 23.3 Å². The van der Waals surface area contributed by atoms with Crippen LogP contribution in [-0.4, -0.2) is 19.1 Å². The number of carbonyl (C=O) groups is 1. The standard InChI is InChI=1S/C13H16F3N3O/c14-13(15,16)9-6-10(18-12(17)20)8-11(7-9)19-4-2-1-3-5-19/h6-8H,1-5H2,(H3,17,18,20). The minimum Gasteiger partial charge on any atom is -0.371 e. The van der Waals surface area contributed by atoms with Crippen molar-refractivity contribution in [2.45, 2.75) is 25.4 Å². The molecule has 1 fully saturated rings. The second kappa shape index (κ2) is 5.60. The Hall–Kier alpha value is -1.92. The fourth-order valence-electron chi connectivity index (χ4n) is 2.32. The highest BCUT2D eigenvalue weighted by molar-refractivity contribution is 5.88. The van der Waals surface area contributed by atoms with E-state index in [0.717, 1.165) is 44.5 Å². The number of piperidine rings is 1. The minimum atomic E-state index is -4.46. The lowest BCUT2D eigenvalue weighted by Gasteiger charge is -2.29. The van der Waals surface area contributed by atoms with Gasteiger partial charge in [0.1, 0.15) is 0 Å². The zero-order chi connectivity index (χ0) is 14.8. The van der Waals surface area contributed by atoms with E-state index < -0.39 is 17.8 Å². The van der Waals surface area contributed by atoms with Crippen LogP contribution in [0, 0.1) is 0 Å². The van der Waals surface area contributed by atoms with Crippen LogP contribution in [-0.2, 0) is 6.18 Å². The SMILES string of the molecule is NC(=O)Nc1cc(N2CCCCC2)cc(C(F)(F)F)c1. The van der Waals surface area contributed by atoms with Crippen molar-refractivity contribution in [3.8, 4) is 0 Å². The summed E-state index contributed by atoms with van der Waals surface area (Å²) >= 11 is 0. The summed E-state index contributed by atoms with van der Waals surface area (Å²) in [5.41, 5.74) is 4.70. The Morgan fingerprint density at radius 1 is 1.15 bits per heavy atom. The highest BCUT2D eigenvalue weighted by atomic mass is 19.4. The van der Waals surface area contributed by atoms with Crippen LogP contribution < -0.4 is 16.0 Å². The lowest BCUT2D eigenvalue weighted by Crippen LogP contribution is -2.30. The van der Waals surface area contributed by atoms with Crippen LogP contribution in [0.3, 0.4) is 0 Å². The van der Waals surface area contributed by atoms with Crippen LogP contribution in [0.1, 0.15) is 24.8 Å². The molecule has 110 valence electrons. The van der Waals surface area contributed by atoms with Crippen LogP contribution in [0.2, 0.25) is 0 Å². The monoisotopic (exact) mass is 287 g/mol. The third-order valence-electron chi connectivity index (χ3n) is 3.23. The fraction of sp³-hybridized carbons (Fsp3) is 0.462. The first-order valence-electron chi connectivity index (χ1n) is 6.40. The molecule has 0 atom stereocenters. The van der Waals surface area contributed by atoms with Gasteiger partial charge in [0.05, 0.1) is 5.56 Å². The van der Waals surface area contributed by atoms with E-state index in [2.05, 4.69) is 5.32 Å². The molecule has 0 bridgehead atoms. The maximum absolute atomic E-state index is 12.9. The van der Waals surface area contributed by atoms with Gasteiger partial charge in [-0.3, -0.25) is 0 Å². The van der Waals surface area contributed by atoms with Gasteiger partial charge in [0.2, 0.25) is 0 Å². The van der Waals surface area contributed by atoms with Crippen molar-refractivity contribution >= 4 is 17.4 Å². The topological polar surface area (TPSA) is 58.4 Å². The molecule has 0 aliphatic carbocycles. The van der Waals surface area contributed by atoms with E-state index in [1.54, 1.807) is 0 Å². The van der Waals surface area contributed by atoms with Crippen molar-refractivity contribution in [3.63, 3.8) is 0 Å². The number of amides is 2. The Morgan fingerprint density at radius 2 is 1.80 bits per heavy atom. The number of nitrogens with two attached hydrogens (primary N) is 1. The molecular formula is C13H16F3N3O. The zero-order valence-electron chi connectivity index (χ0n) is 10.8. The summed E-state index contributed by atoms with van der Waals surface area (Å²) in [5.74, 6) is 0. The molecule has 2 amide bonds. The van der Waals surface area contributed by atoms with Gasteiger partial charge in [-0.25, -0.2) is 4.79 Å². The minimum absolute atomic E-state index is 0.0629. The number of anilines is 2. The Labute approximate surface area is 114 Å².